The van der Waals surface area contributed by atoms with Gasteiger partial charge >= 0.3 is 5.69 Å². The quantitative estimate of drug-likeness (QED) is 0.255. The Balaban J connectivity index is 1.73. The maximum atomic E-state index is 14.7. The molecule has 12 nitrogen and oxygen atoms in total. The molecule has 1 aliphatic carbocycles. The Bertz CT molecular complexity index is 1840. The number of halogens is 1. The standard InChI is InChI=1S/C31H37FN6O6S/c1-17(2)35(5)27(40)19(4)37-28(41)26-18(3)29(38-33-13-14-34-38)45-30(26)36(31(37)42)16-25(44-22-10-8-21(39)9-11-22)23-15-20(32)7-12-24(23)43-6/h7,12-15,17,19,22,25H,8-11,16H2,1-6H3/t19-,25-/m0/s1. The molecule has 1 fully saturated rings. The lowest BCUT2D eigenvalue weighted by molar-refractivity contribution is -0.134. The molecule has 1 aromatic carbocycles. The number of Topliss-reactive ketones (excluding diaryl/α,β-unsaturated/α-hetero) is 1. The molecular weight excluding hydrogens is 603 g/mol. The lowest BCUT2D eigenvalue weighted by Gasteiger charge is -2.29. The van der Waals surface area contributed by atoms with E-state index in [-0.39, 0.29) is 29.9 Å². The largest absolute Gasteiger partial charge is 0.496 e. The first-order valence-corrected chi connectivity index (χ1v) is 15.7. The number of aromatic nitrogens is 5. The van der Waals surface area contributed by atoms with Crippen LogP contribution in [0, 0.1) is 12.7 Å². The van der Waals surface area contributed by atoms with Crippen molar-refractivity contribution < 1.29 is 23.5 Å². The summed E-state index contributed by atoms with van der Waals surface area (Å²) in [5.74, 6) is -0.408. The van der Waals surface area contributed by atoms with Crippen molar-refractivity contribution in [2.24, 2.45) is 0 Å². The molecule has 45 heavy (non-hydrogen) atoms. The van der Waals surface area contributed by atoms with E-state index in [2.05, 4.69) is 10.2 Å². The van der Waals surface area contributed by atoms with Crippen LogP contribution >= 0.6 is 11.3 Å². The Morgan fingerprint density at radius 1 is 1.13 bits per heavy atom. The topological polar surface area (TPSA) is 131 Å². The number of ketones is 1. The summed E-state index contributed by atoms with van der Waals surface area (Å²) in [6.45, 7) is 6.82. The van der Waals surface area contributed by atoms with Crippen LogP contribution < -0.4 is 16.0 Å². The van der Waals surface area contributed by atoms with Gasteiger partial charge in [-0.2, -0.15) is 10.2 Å². The summed E-state index contributed by atoms with van der Waals surface area (Å²) in [6, 6.07) is 2.78. The van der Waals surface area contributed by atoms with Crippen molar-refractivity contribution in [2.75, 3.05) is 14.2 Å². The molecule has 3 heterocycles. The van der Waals surface area contributed by atoms with Gasteiger partial charge in [-0.1, -0.05) is 11.3 Å². The van der Waals surface area contributed by atoms with Crippen molar-refractivity contribution in [2.45, 2.75) is 84.2 Å². The molecule has 0 unspecified atom stereocenters. The third kappa shape index (κ3) is 6.21. The normalized spacial score (nSPS) is 15.5. The number of nitrogens with zero attached hydrogens (tertiary/aromatic N) is 6. The third-order valence-electron chi connectivity index (χ3n) is 8.42. The maximum absolute atomic E-state index is 14.7. The smallest absolute Gasteiger partial charge is 0.332 e. The molecule has 1 saturated carbocycles. The van der Waals surface area contributed by atoms with Crippen molar-refractivity contribution in [3.05, 3.63) is 68.4 Å². The highest BCUT2D eigenvalue weighted by Crippen LogP contribution is 2.36. The Morgan fingerprint density at radius 3 is 2.42 bits per heavy atom. The van der Waals surface area contributed by atoms with Gasteiger partial charge in [-0.25, -0.2) is 13.8 Å². The fourth-order valence-electron chi connectivity index (χ4n) is 5.65. The van der Waals surface area contributed by atoms with Crippen molar-refractivity contribution in [3.8, 4) is 10.8 Å². The number of amides is 1. The Labute approximate surface area is 263 Å². The summed E-state index contributed by atoms with van der Waals surface area (Å²) < 4.78 is 29.2. The van der Waals surface area contributed by atoms with Crippen molar-refractivity contribution >= 4 is 33.2 Å². The molecule has 1 amide bonds. The fourth-order valence-corrected chi connectivity index (χ4v) is 6.86. The van der Waals surface area contributed by atoms with Gasteiger partial charge in [0, 0.05) is 37.1 Å². The molecule has 0 saturated heterocycles. The molecule has 0 radical (unpaired) electrons. The van der Waals surface area contributed by atoms with E-state index in [1.54, 1.807) is 14.0 Å². The zero-order valence-corrected chi connectivity index (χ0v) is 27.0. The minimum atomic E-state index is -1.12. The number of likely N-dealkylation sites (N-methyl/N-ethyl adjacent to an activating group) is 1. The van der Waals surface area contributed by atoms with Crippen LogP contribution in [-0.2, 0) is 20.9 Å². The van der Waals surface area contributed by atoms with Crippen LogP contribution in [0.2, 0.25) is 0 Å². The number of benzene rings is 1. The van der Waals surface area contributed by atoms with Crippen LogP contribution in [0.25, 0.3) is 15.2 Å². The summed E-state index contributed by atoms with van der Waals surface area (Å²) >= 11 is 1.16. The zero-order valence-electron chi connectivity index (χ0n) is 26.2. The molecule has 14 heteroatoms. The maximum Gasteiger partial charge on any atom is 0.332 e. The highest BCUT2D eigenvalue weighted by atomic mass is 32.1. The highest BCUT2D eigenvalue weighted by Gasteiger charge is 2.32. The molecular formula is C31H37FN6O6S. The number of carbonyl (C=O) groups excluding carboxylic acids is 2. The van der Waals surface area contributed by atoms with E-state index < -0.39 is 35.1 Å². The predicted molar refractivity (Wildman–Crippen MR) is 167 cm³/mol. The number of carbonyl (C=O) groups is 2. The van der Waals surface area contributed by atoms with E-state index >= 15 is 0 Å². The van der Waals surface area contributed by atoms with Crippen LogP contribution in [-0.4, -0.2) is 67.0 Å². The molecule has 5 rings (SSSR count). The van der Waals surface area contributed by atoms with E-state index in [1.807, 2.05) is 13.8 Å². The van der Waals surface area contributed by atoms with Crippen LogP contribution in [0.5, 0.6) is 5.75 Å². The van der Waals surface area contributed by atoms with Gasteiger partial charge in [-0.05, 0) is 58.7 Å². The summed E-state index contributed by atoms with van der Waals surface area (Å²) in [5, 5.41) is 9.22. The first-order chi connectivity index (χ1) is 21.4. The average Bonchev–Trinajstić information content (AvgIpc) is 3.67. The zero-order chi connectivity index (χ0) is 32.6. The lowest BCUT2D eigenvalue weighted by Crippen LogP contribution is -2.48. The first kappa shape index (κ1) is 32.2. The van der Waals surface area contributed by atoms with E-state index in [4.69, 9.17) is 9.47 Å². The van der Waals surface area contributed by atoms with Gasteiger partial charge < -0.3 is 14.4 Å². The third-order valence-corrected chi connectivity index (χ3v) is 9.70. The van der Waals surface area contributed by atoms with Crippen LogP contribution in [0.1, 0.15) is 69.7 Å². The second-order valence-corrected chi connectivity index (χ2v) is 12.5. The second kappa shape index (κ2) is 13.1. The molecule has 3 aromatic heterocycles. The van der Waals surface area contributed by atoms with E-state index in [9.17, 15) is 23.6 Å². The number of methoxy groups -OCH3 is 1. The molecule has 2 atom stereocenters. The van der Waals surface area contributed by atoms with E-state index in [1.165, 1.54) is 58.9 Å². The molecule has 240 valence electrons. The number of hydrogen-bond acceptors (Lipinski definition) is 9. The summed E-state index contributed by atoms with van der Waals surface area (Å²) in [4.78, 5) is 57.1. The van der Waals surface area contributed by atoms with Gasteiger partial charge in [0.15, 0.2) is 0 Å². The number of ether oxygens (including phenoxy) is 2. The first-order valence-electron chi connectivity index (χ1n) is 14.8. The summed E-state index contributed by atoms with van der Waals surface area (Å²) in [6.07, 6.45) is 3.47. The van der Waals surface area contributed by atoms with Gasteiger partial charge in [0.1, 0.15) is 39.3 Å². The Hall–Kier alpha value is -4.17. The van der Waals surface area contributed by atoms with Crippen LogP contribution in [0.3, 0.4) is 0 Å². The summed E-state index contributed by atoms with van der Waals surface area (Å²) in [7, 11) is 3.08. The number of hydrogen-bond donors (Lipinski definition) is 0. The molecule has 0 N–H and O–H groups in total. The van der Waals surface area contributed by atoms with Crippen molar-refractivity contribution in [3.63, 3.8) is 0 Å². The molecule has 0 bridgehead atoms. The van der Waals surface area contributed by atoms with Gasteiger partial charge in [0.05, 0.1) is 37.5 Å². The van der Waals surface area contributed by atoms with Crippen molar-refractivity contribution in [1.29, 1.82) is 0 Å². The molecule has 0 spiro atoms. The van der Waals surface area contributed by atoms with E-state index in [0.29, 0.717) is 52.4 Å². The monoisotopic (exact) mass is 640 g/mol. The molecule has 4 aromatic rings. The second-order valence-electron chi connectivity index (χ2n) is 11.6. The minimum absolute atomic E-state index is 0.132. The van der Waals surface area contributed by atoms with Gasteiger partial charge in [-0.3, -0.25) is 19.0 Å². The number of aryl methyl sites for hydroxylation is 1. The minimum Gasteiger partial charge on any atom is -0.496 e. The molecule has 0 aliphatic heterocycles. The van der Waals surface area contributed by atoms with Gasteiger partial charge in [0.2, 0.25) is 5.91 Å². The highest BCUT2D eigenvalue weighted by molar-refractivity contribution is 7.21. The number of rotatable bonds is 10. The lowest BCUT2D eigenvalue weighted by atomic mass is 9.96. The van der Waals surface area contributed by atoms with Crippen molar-refractivity contribution in [1.82, 2.24) is 29.0 Å². The SMILES string of the molecule is COc1ccc(F)cc1[C@H](Cn1c(=O)n([C@@H](C)C(=O)N(C)C(C)C)c(=O)c2c(C)c(-n3nccn3)sc21)OC1CCC(=O)CC1. The summed E-state index contributed by atoms with van der Waals surface area (Å²) in [5.41, 5.74) is -0.405. The van der Waals surface area contributed by atoms with E-state index in [0.717, 1.165) is 15.9 Å². The Morgan fingerprint density at radius 2 is 1.80 bits per heavy atom. The number of thiophene rings is 1. The van der Waals surface area contributed by atoms with Gasteiger partial charge in [-0.15, -0.1) is 4.80 Å². The van der Waals surface area contributed by atoms with Crippen LogP contribution in [0.15, 0.2) is 40.2 Å². The van der Waals surface area contributed by atoms with Crippen LogP contribution in [0.4, 0.5) is 4.39 Å². The predicted octanol–water partition coefficient (Wildman–Crippen LogP) is 3.96. The number of fused-ring (bicyclic) bond motifs is 1. The Kier molecular flexibility index (Phi) is 9.35. The fraction of sp³-hybridized carbons (Fsp3) is 0.484. The average molecular weight is 641 g/mol. The molecule has 1 aliphatic rings. The van der Waals surface area contributed by atoms with Gasteiger partial charge in [0.25, 0.3) is 5.56 Å².